The summed E-state index contributed by atoms with van der Waals surface area (Å²) in [5.41, 5.74) is 3.06. The van der Waals surface area contributed by atoms with Crippen molar-refractivity contribution in [3.8, 4) is 5.69 Å². The van der Waals surface area contributed by atoms with E-state index in [-0.39, 0.29) is 33.7 Å². The number of aliphatic carboxylic acids is 1. The van der Waals surface area contributed by atoms with Crippen molar-refractivity contribution in [2.24, 2.45) is 56.7 Å². The van der Waals surface area contributed by atoms with Crippen LogP contribution in [0.3, 0.4) is 0 Å². The number of rotatable bonds is 6. The van der Waals surface area contributed by atoms with Crippen molar-refractivity contribution < 1.29 is 14.6 Å². The number of hydrogen-bond donors (Lipinski definition) is 1. The molecule has 6 nitrogen and oxygen atoms in total. The maximum atomic E-state index is 13.0. The van der Waals surface area contributed by atoms with Crippen LogP contribution in [-0.4, -0.2) is 32.2 Å². The van der Waals surface area contributed by atoms with Crippen molar-refractivity contribution >= 4 is 17.6 Å². The van der Waals surface area contributed by atoms with Crippen molar-refractivity contribution in [2.75, 3.05) is 0 Å². The van der Waals surface area contributed by atoms with Gasteiger partial charge in [0, 0.05) is 5.02 Å². The van der Waals surface area contributed by atoms with E-state index in [4.69, 9.17) is 16.3 Å². The van der Waals surface area contributed by atoms with Gasteiger partial charge in [0.05, 0.1) is 30.0 Å². The SMILES string of the molecule is C=C(C)[C@@H]1CC[C@]2(C(=O)O)CC[C@]3(C)[C@H](CC[C@@H]4[C@@]5(C)CC[C@H](OCc6cn(-c7ccc(Cl)cc7)nn6)C(C)(C)[C@@H]5CC[C@]43C)[C@@H]12. The van der Waals surface area contributed by atoms with Crippen molar-refractivity contribution in [2.45, 2.75) is 118 Å². The number of ether oxygens (including phenoxy) is 1. The summed E-state index contributed by atoms with van der Waals surface area (Å²) in [4.78, 5) is 13.0. The quantitative estimate of drug-likeness (QED) is 0.316. The Hall–Kier alpha value is -2.18. The molecule has 5 aliphatic rings. The average molecular weight is 648 g/mol. The van der Waals surface area contributed by atoms with Gasteiger partial charge in [0.1, 0.15) is 5.69 Å². The van der Waals surface area contributed by atoms with E-state index in [0.29, 0.717) is 35.3 Å². The van der Waals surface area contributed by atoms with Crippen molar-refractivity contribution in [1.29, 1.82) is 0 Å². The molecule has 0 amide bonds. The number of nitrogens with zero attached hydrogens (tertiary/aromatic N) is 3. The van der Waals surface area contributed by atoms with Crippen LogP contribution in [-0.2, 0) is 16.1 Å². The molecule has 0 saturated heterocycles. The second-order valence-electron chi connectivity index (χ2n) is 17.4. The number of aromatic nitrogens is 3. The zero-order valence-electron chi connectivity index (χ0n) is 28.8. The maximum absolute atomic E-state index is 13.0. The molecule has 1 N–H and O–H groups in total. The van der Waals surface area contributed by atoms with Crippen LogP contribution >= 0.6 is 11.6 Å². The lowest BCUT2D eigenvalue weighted by atomic mass is 9.32. The molecule has 46 heavy (non-hydrogen) atoms. The van der Waals surface area contributed by atoms with E-state index in [0.717, 1.165) is 49.9 Å². The molecule has 5 saturated carbocycles. The van der Waals surface area contributed by atoms with Gasteiger partial charge in [-0.05, 0) is 147 Å². The number of fused-ring (bicyclic) bond motifs is 7. The molecular weight excluding hydrogens is 594 g/mol. The van der Waals surface area contributed by atoms with Gasteiger partial charge in [-0.25, -0.2) is 4.68 Å². The lowest BCUT2D eigenvalue weighted by Crippen LogP contribution is -2.67. The van der Waals surface area contributed by atoms with Gasteiger partial charge in [-0.2, -0.15) is 0 Å². The predicted octanol–water partition coefficient (Wildman–Crippen LogP) is 9.55. The minimum absolute atomic E-state index is 0.0415. The number of carboxylic acid groups (broad SMARTS) is 1. The zero-order valence-corrected chi connectivity index (χ0v) is 29.6. The number of carbonyl (C=O) groups is 1. The van der Waals surface area contributed by atoms with E-state index < -0.39 is 11.4 Å². The number of allylic oxidation sites excluding steroid dienone is 1. The van der Waals surface area contributed by atoms with Crippen LogP contribution in [0.15, 0.2) is 42.6 Å². The molecule has 1 aromatic carbocycles. The van der Waals surface area contributed by atoms with E-state index in [9.17, 15) is 9.90 Å². The van der Waals surface area contributed by atoms with E-state index in [2.05, 4.69) is 58.4 Å². The van der Waals surface area contributed by atoms with Crippen LogP contribution in [0.4, 0.5) is 0 Å². The van der Waals surface area contributed by atoms with Crippen molar-refractivity contribution in [1.82, 2.24) is 15.0 Å². The first-order valence-corrected chi connectivity index (χ1v) is 18.2. The van der Waals surface area contributed by atoms with Gasteiger partial charge < -0.3 is 9.84 Å². The van der Waals surface area contributed by atoms with Crippen LogP contribution in [0.2, 0.25) is 5.02 Å². The molecule has 2 aromatic rings. The summed E-state index contributed by atoms with van der Waals surface area (Å²) >= 11 is 6.07. The first-order chi connectivity index (χ1) is 21.7. The largest absolute Gasteiger partial charge is 0.481 e. The monoisotopic (exact) mass is 647 g/mol. The lowest BCUT2D eigenvalue weighted by molar-refractivity contribution is -0.252. The highest BCUT2D eigenvalue weighted by Gasteiger charge is 2.72. The highest BCUT2D eigenvalue weighted by molar-refractivity contribution is 6.30. The molecule has 1 heterocycles. The third kappa shape index (κ3) is 4.47. The Morgan fingerprint density at radius 1 is 0.957 bits per heavy atom. The summed E-state index contributed by atoms with van der Waals surface area (Å²) in [6.07, 6.45) is 12.9. The Bertz CT molecular complexity index is 1520. The Kier molecular flexibility index (Phi) is 7.68. The van der Waals surface area contributed by atoms with Crippen LogP contribution in [0.1, 0.15) is 111 Å². The summed E-state index contributed by atoms with van der Waals surface area (Å²) < 4.78 is 8.51. The minimum atomic E-state index is -0.560. The fourth-order valence-corrected chi connectivity index (χ4v) is 13.2. The molecule has 1 aromatic heterocycles. The van der Waals surface area contributed by atoms with E-state index in [1.165, 1.54) is 31.3 Å². The Morgan fingerprint density at radius 3 is 2.39 bits per heavy atom. The van der Waals surface area contributed by atoms with Crippen LogP contribution in [0.25, 0.3) is 5.69 Å². The van der Waals surface area contributed by atoms with Gasteiger partial charge in [0.25, 0.3) is 0 Å². The number of benzene rings is 1. The molecule has 250 valence electrons. The standard InChI is InChI=1S/C39H54ClN3O3/c1-24(2)28-14-19-39(34(44)45)21-20-37(6)29(33(28)39)12-13-31-36(5)17-16-32(35(3,4)30(36)15-18-38(31,37)7)46-23-26-22-43(42-41-26)27-10-8-25(40)9-11-27/h8-11,22,28-33H,1,12-21,23H2,2-7H3,(H,44,45)/t28-,29+,30-,31+,32-,33+,36-,37+,38+,39-/m0/s1. The highest BCUT2D eigenvalue weighted by atomic mass is 35.5. The van der Waals surface area contributed by atoms with Crippen LogP contribution in [0.5, 0.6) is 0 Å². The van der Waals surface area contributed by atoms with Gasteiger partial charge in [0.15, 0.2) is 0 Å². The van der Waals surface area contributed by atoms with Gasteiger partial charge in [-0.1, -0.05) is 63.6 Å². The summed E-state index contributed by atoms with van der Waals surface area (Å²) in [6, 6.07) is 7.62. The fourth-order valence-electron chi connectivity index (χ4n) is 13.1. The lowest BCUT2D eigenvalue weighted by Gasteiger charge is -2.72. The van der Waals surface area contributed by atoms with E-state index in [1.807, 2.05) is 30.5 Å². The highest BCUT2D eigenvalue weighted by Crippen LogP contribution is 2.77. The Balaban J connectivity index is 1.11. The van der Waals surface area contributed by atoms with Gasteiger partial charge >= 0.3 is 5.97 Å². The van der Waals surface area contributed by atoms with Gasteiger partial charge in [0.2, 0.25) is 0 Å². The molecule has 7 heteroatoms. The number of carboxylic acids is 1. The van der Waals surface area contributed by atoms with Gasteiger partial charge in [-0.3, -0.25) is 4.79 Å². The molecule has 0 radical (unpaired) electrons. The first kappa shape index (κ1) is 32.4. The molecule has 0 unspecified atom stereocenters. The molecule has 5 fully saturated rings. The number of hydrogen-bond acceptors (Lipinski definition) is 4. The van der Waals surface area contributed by atoms with Crippen LogP contribution < -0.4 is 0 Å². The van der Waals surface area contributed by atoms with Crippen LogP contribution in [0, 0.1) is 56.7 Å². The predicted molar refractivity (Wildman–Crippen MR) is 182 cm³/mol. The molecular formula is C39H54ClN3O3. The summed E-state index contributed by atoms with van der Waals surface area (Å²) in [6.45, 7) is 19.8. The smallest absolute Gasteiger partial charge is 0.309 e. The van der Waals surface area contributed by atoms with Crippen molar-refractivity contribution in [3.05, 3.63) is 53.3 Å². The second kappa shape index (κ2) is 10.9. The first-order valence-electron chi connectivity index (χ1n) is 17.8. The fraction of sp³-hybridized carbons (Fsp3) is 0.718. The average Bonchev–Trinajstić information content (AvgIpc) is 3.63. The molecule has 10 atom stereocenters. The molecule has 0 spiro atoms. The van der Waals surface area contributed by atoms with E-state index in [1.54, 1.807) is 4.68 Å². The molecule has 0 aliphatic heterocycles. The second-order valence-corrected chi connectivity index (χ2v) is 17.9. The van der Waals surface area contributed by atoms with Crippen molar-refractivity contribution in [3.63, 3.8) is 0 Å². The van der Waals surface area contributed by atoms with E-state index >= 15 is 0 Å². The normalized spacial score (nSPS) is 42.8. The third-order valence-corrected chi connectivity index (χ3v) is 15.7. The Morgan fingerprint density at radius 2 is 1.70 bits per heavy atom. The topological polar surface area (TPSA) is 77.2 Å². The van der Waals surface area contributed by atoms with Gasteiger partial charge in [-0.15, -0.1) is 5.10 Å². The minimum Gasteiger partial charge on any atom is -0.481 e. The molecule has 7 rings (SSSR count). The molecule has 0 bridgehead atoms. The number of halogens is 1. The summed E-state index contributed by atoms with van der Waals surface area (Å²) in [5.74, 6) is 1.70. The molecule has 5 aliphatic carbocycles. The summed E-state index contributed by atoms with van der Waals surface area (Å²) in [7, 11) is 0. The third-order valence-electron chi connectivity index (χ3n) is 15.5. The maximum Gasteiger partial charge on any atom is 0.309 e. The zero-order chi connectivity index (χ0) is 32.9. The Labute approximate surface area is 280 Å². The summed E-state index contributed by atoms with van der Waals surface area (Å²) in [5, 5.41) is 20.1.